The number of rotatable bonds is 6. The molecule has 1 atom stereocenters. The molecule has 0 fully saturated rings. The first-order valence-electron chi connectivity index (χ1n) is 9.36. The molecular formula is C22H24N2O2S. The monoisotopic (exact) mass is 380 g/mol. The van der Waals surface area contributed by atoms with E-state index in [1.807, 2.05) is 24.6 Å². The molecule has 0 bridgehead atoms. The lowest BCUT2D eigenvalue weighted by molar-refractivity contribution is 0.0912. The minimum absolute atomic E-state index is 0.0582. The zero-order valence-corrected chi connectivity index (χ0v) is 16.3. The zero-order chi connectivity index (χ0) is 18.5. The van der Waals surface area contributed by atoms with Crippen molar-refractivity contribution in [3.8, 4) is 5.75 Å². The Morgan fingerprint density at radius 2 is 2.07 bits per heavy atom. The molecule has 0 saturated heterocycles. The third-order valence-corrected chi connectivity index (χ3v) is 5.49. The van der Waals surface area contributed by atoms with Gasteiger partial charge in [-0.3, -0.25) is 4.90 Å². The molecule has 0 aliphatic carbocycles. The second kappa shape index (κ2) is 8.65. The van der Waals surface area contributed by atoms with Crippen LogP contribution in [0.5, 0.6) is 5.75 Å². The summed E-state index contributed by atoms with van der Waals surface area (Å²) in [5.41, 5.74) is 3.55. The number of thiazole rings is 1. The van der Waals surface area contributed by atoms with E-state index in [2.05, 4.69) is 52.3 Å². The fraction of sp³-hybridized carbons (Fsp3) is 0.318. The SMILES string of the molecule is CCOC(c1ccccc1)c1ccc2c(c1)CN(Cc1nccs1)CCO2. The van der Waals surface area contributed by atoms with Gasteiger partial charge in [0.05, 0.1) is 6.54 Å². The summed E-state index contributed by atoms with van der Waals surface area (Å²) < 4.78 is 12.1. The zero-order valence-electron chi connectivity index (χ0n) is 15.5. The summed E-state index contributed by atoms with van der Waals surface area (Å²) in [5.74, 6) is 0.976. The van der Waals surface area contributed by atoms with Gasteiger partial charge in [0.1, 0.15) is 23.5 Å². The van der Waals surface area contributed by atoms with Gasteiger partial charge >= 0.3 is 0 Å². The number of hydrogen-bond donors (Lipinski definition) is 0. The number of benzene rings is 2. The second-order valence-electron chi connectivity index (χ2n) is 6.60. The number of nitrogens with zero attached hydrogens (tertiary/aromatic N) is 2. The molecule has 0 amide bonds. The summed E-state index contributed by atoms with van der Waals surface area (Å²) >= 11 is 1.70. The van der Waals surface area contributed by atoms with Crippen molar-refractivity contribution in [2.75, 3.05) is 19.8 Å². The molecule has 1 aliphatic rings. The predicted molar refractivity (Wildman–Crippen MR) is 108 cm³/mol. The van der Waals surface area contributed by atoms with Crippen LogP contribution in [0.2, 0.25) is 0 Å². The maximum atomic E-state index is 6.09. The summed E-state index contributed by atoms with van der Waals surface area (Å²) in [4.78, 5) is 6.82. The van der Waals surface area contributed by atoms with Crippen molar-refractivity contribution in [3.05, 3.63) is 81.8 Å². The Hall–Kier alpha value is -2.21. The highest BCUT2D eigenvalue weighted by atomic mass is 32.1. The normalized spacial score (nSPS) is 15.6. The maximum Gasteiger partial charge on any atom is 0.123 e. The van der Waals surface area contributed by atoms with Crippen molar-refractivity contribution in [1.82, 2.24) is 9.88 Å². The Morgan fingerprint density at radius 1 is 1.19 bits per heavy atom. The van der Waals surface area contributed by atoms with Gasteiger partial charge in [-0.2, -0.15) is 0 Å². The van der Waals surface area contributed by atoms with Crippen molar-refractivity contribution in [1.29, 1.82) is 0 Å². The van der Waals surface area contributed by atoms with Crippen LogP contribution in [0.25, 0.3) is 0 Å². The van der Waals surface area contributed by atoms with E-state index in [4.69, 9.17) is 9.47 Å². The Kier molecular flexibility index (Phi) is 5.82. The van der Waals surface area contributed by atoms with Crippen LogP contribution in [-0.2, 0) is 17.8 Å². The summed E-state index contributed by atoms with van der Waals surface area (Å²) in [7, 11) is 0. The third-order valence-electron chi connectivity index (χ3n) is 4.72. The number of fused-ring (bicyclic) bond motifs is 1. The van der Waals surface area contributed by atoms with Crippen molar-refractivity contribution in [3.63, 3.8) is 0 Å². The van der Waals surface area contributed by atoms with Gasteiger partial charge in [-0.15, -0.1) is 11.3 Å². The summed E-state index contributed by atoms with van der Waals surface area (Å²) in [6, 6.07) is 16.9. The second-order valence-corrected chi connectivity index (χ2v) is 7.58. The number of hydrogen-bond acceptors (Lipinski definition) is 5. The summed E-state index contributed by atoms with van der Waals surface area (Å²) in [6.45, 7) is 6.03. The van der Waals surface area contributed by atoms with Crippen molar-refractivity contribution >= 4 is 11.3 Å². The Morgan fingerprint density at radius 3 is 2.85 bits per heavy atom. The predicted octanol–water partition coefficient (Wildman–Crippen LogP) is 4.66. The molecule has 27 heavy (non-hydrogen) atoms. The van der Waals surface area contributed by atoms with Crippen LogP contribution in [-0.4, -0.2) is 29.6 Å². The largest absolute Gasteiger partial charge is 0.492 e. The highest BCUT2D eigenvalue weighted by Crippen LogP contribution is 2.32. The minimum Gasteiger partial charge on any atom is -0.492 e. The fourth-order valence-electron chi connectivity index (χ4n) is 3.47. The molecule has 1 aliphatic heterocycles. The Balaban J connectivity index is 1.60. The van der Waals surface area contributed by atoms with E-state index in [0.717, 1.165) is 30.4 Å². The lowest BCUT2D eigenvalue weighted by Gasteiger charge is -2.21. The quantitative estimate of drug-likeness (QED) is 0.623. The van der Waals surface area contributed by atoms with Crippen LogP contribution in [0.3, 0.4) is 0 Å². The summed E-state index contributed by atoms with van der Waals surface area (Å²) in [5, 5.41) is 3.17. The lowest BCUT2D eigenvalue weighted by Crippen LogP contribution is -2.25. The first-order valence-corrected chi connectivity index (χ1v) is 10.2. The molecule has 1 unspecified atom stereocenters. The molecule has 0 saturated carbocycles. The Labute approximate surface area is 164 Å². The highest BCUT2D eigenvalue weighted by molar-refractivity contribution is 7.09. The van der Waals surface area contributed by atoms with Gasteiger partial charge in [-0.1, -0.05) is 36.4 Å². The van der Waals surface area contributed by atoms with E-state index in [9.17, 15) is 0 Å². The molecule has 0 N–H and O–H groups in total. The molecule has 5 heteroatoms. The number of ether oxygens (including phenoxy) is 2. The van der Waals surface area contributed by atoms with Gasteiger partial charge in [-0.05, 0) is 30.2 Å². The molecule has 4 rings (SSSR count). The van der Waals surface area contributed by atoms with Crippen molar-refractivity contribution in [2.45, 2.75) is 26.1 Å². The van der Waals surface area contributed by atoms with Crippen LogP contribution in [0.15, 0.2) is 60.1 Å². The Bertz CT molecular complexity index is 852. The van der Waals surface area contributed by atoms with E-state index in [0.29, 0.717) is 13.2 Å². The molecular weight excluding hydrogens is 356 g/mol. The van der Waals surface area contributed by atoms with Gasteiger partial charge in [0.2, 0.25) is 0 Å². The van der Waals surface area contributed by atoms with Gasteiger partial charge in [0.15, 0.2) is 0 Å². The van der Waals surface area contributed by atoms with Gasteiger partial charge in [0.25, 0.3) is 0 Å². The van der Waals surface area contributed by atoms with Gasteiger partial charge < -0.3 is 9.47 Å². The standard InChI is InChI=1S/C22H24N2O2S/c1-2-25-22(17-6-4-3-5-7-17)18-8-9-20-19(14-18)15-24(11-12-26-20)16-21-23-10-13-27-21/h3-10,13-14,22H,2,11-12,15-16H2,1H3. The lowest BCUT2D eigenvalue weighted by atomic mass is 9.99. The van der Waals surface area contributed by atoms with Gasteiger partial charge in [-0.25, -0.2) is 4.98 Å². The van der Waals surface area contributed by atoms with E-state index in [-0.39, 0.29) is 6.10 Å². The minimum atomic E-state index is -0.0582. The third kappa shape index (κ3) is 4.38. The van der Waals surface area contributed by atoms with E-state index in [1.165, 1.54) is 16.7 Å². The van der Waals surface area contributed by atoms with Crippen molar-refractivity contribution in [2.24, 2.45) is 0 Å². The van der Waals surface area contributed by atoms with Crippen LogP contribution < -0.4 is 4.74 Å². The first kappa shape index (κ1) is 18.2. The fourth-order valence-corrected chi connectivity index (χ4v) is 4.13. The molecule has 0 radical (unpaired) electrons. The summed E-state index contributed by atoms with van der Waals surface area (Å²) in [6.07, 6.45) is 1.81. The molecule has 0 spiro atoms. The van der Waals surface area contributed by atoms with Gasteiger partial charge in [0, 0.05) is 36.8 Å². The van der Waals surface area contributed by atoms with Crippen LogP contribution in [0.1, 0.15) is 34.7 Å². The van der Waals surface area contributed by atoms with Crippen LogP contribution in [0.4, 0.5) is 0 Å². The van der Waals surface area contributed by atoms with Crippen LogP contribution in [0, 0.1) is 0 Å². The van der Waals surface area contributed by atoms with E-state index >= 15 is 0 Å². The number of aromatic nitrogens is 1. The molecule has 140 valence electrons. The average molecular weight is 381 g/mol. The highest BCUT2D eigenvalue weighted by Gasteiger charge is 2.20. The molecule has 3 aromatic rings. The molecule has 1 aromatic heterocycles. The first-order chi connectivity index (χ1) is 13.3. The smallest absolute Gasteiger partial charge is 0.123 e. The molecule has 4 nitrogen and oxygen atoms in total. The molecule has 2 heterocycles. The molecule has 2 aromatic carbocycles. The van der Waals surface area contributed by atoms with Crippen LogP contribution >= 0.6 is 11.3 Å². The van der Waals surface area contributed by atoms with Crippen molar-refractivity contribution < 1.29 is 9.47 Å². The van der Waals surface area contributed by atoms with E-state index < -0.39 is 0 Å². The average Bonchev–Trinajstić information content (AvgIpc) is 3.12. The van der Waals surface area contributed by atoms with E-state index in [1.54, 1.807) is 11.3 Å². The maximum absolute atomic E-state index is 6.09. The topological polar surface area (TPSA) is 34.6 Å².